The highest BCUT2D eigenvalue weighted by Crippen LogP contribution is 2.35. The van der Waals surface area contributed by atoms with Gasteiger partial charge in [-0.2, -0.15) is 0 Å². The lowest BCUT2D eigenvalue weighted by Crippen LogP contribution is -2.42. The van der Waals surface area contributed by atoms with Crippen molar-refractivity contribution in [3.63, 3.8) is 0 Å². The Morgan fingerprint density at radius 3 is 2.45 bits per heavy atom. The van der Waals surface area contributed by atoms with E-state index in [9.17, 15) is 14.4 Å². The first kappa shape index (κ1) is 19.7. The standard InChI is InChI=1S/C22H29N3O4/c1-29-19-8-7-17(14-18(19)25-11-3-2-4-20(25)26)23-21(27)15-9-12-24(13-10-15)22(28)16-5-6-16/h7-8,14-16H,2-6,9-13H2,1H3,(H,23,27). The molecular weight excluding hydrogens is 370 g/mol. The molecule has 0 atom stereocenters. The van der Waals surface area contributed by atoms with Crippen LogP contribution in [0.4, 0.5) is 11.4 Å². The van der Waals surface area contributed by atoms with E-state index in [1.807, 2.05) is 11.0 Å². The van der Waals surface area contributed by atoms with Gasteiger partial charge in [-0.15, -0.1) is 0 Å². The molecule has 3 fully saturated rings. The number of carbonyl (C=O) groups is 3. The summed E-state index contributed by atoms with van der Waals surface area (Å²) in [6.45, 7) is 1.98. The van der Waals surface area contributed by atoms with Crippen LogP contribution in [0.2, 0.25) is 0 Å². The zero-order chi connectivity index (χ0) is 20.4. The SMILES string of the molecule is COc1ccc(NC(=O)C2CCN(C(=O)C3CC3)CC2)cc1N1CCCCC1=O. The largest absolute Gasteiger partial charge is 0.495 e. The molecule has 1 aromatic carbocycles. The summed E-state index contributed by atoms with van der Waals surface area (Å²) in [5, 5.41) is 3.00. The number of benzene rings is 1. The minimum Gasteiger partial charge on any atom is -0.495 e. The number of piperidine rings is 2. The zero-order valence-corrected chi connectivity index (χ0v) is 17.0. The molecule has 1 aromatic rings. The molecule has 0 aromatic heterocycles. The van der Waals surface area contributed by atoms with Gasteiger partial charge in [0.05, 0.1) is 12.8 Å². The fourth-order valence-corrected chi connectivity index (χ4v) is 4.23. The normalized spacial score (nSPS) is 20.5. The van der Waals surface area contributed by atoms with E-state index in [0.29, 0.717) is 56.0 Å². The number of anilines is 2. The minimum atomic E-state index is -0.0968. The maximum atomic E-state index is 12.8. The molecule has 156 valence electrons. The van der Waals surface area contributed by atoms with Crippen LogP contribution < -0.4 is 15.0 Å². The quantitative estimate of drug-likeness (QED) is 0.826. The predicted molar refractivity (Wildman–Crippen MR) is 110 cm³/mol. The first-order valence-corrected chi connectivity index (χ1v) is 10.6. The highest BCUT2D eigenvalue weighted by Gasteiger charge is 2.36. The summed E-state index contributed by atoms with van der Waals surface area (Å²) in [5.74, 6) is 1.09. The van der Waals surface area contributed by atoms with E-state index in [1.54, 1.807) is 24.1 Å². The van der Waals surface area contributed by atoms with E-state index in [1.165, 1.54) is 0 Å². The maximum absolute atomic E-state index is 12.8. The van der Waals surface area contributed by atoms with Crippen molar-refractivity contribution in [3.8, 4) is 5.75 Å². The van der Waals surface area contributed by atoms with Crippen molar-refractivity contribution in [2.75, 3.05) is 37.0 Å². The van der Waals surface area contributed by atoms with E-state index in [-0.39, 0.29) is 29.6 Å². The molecule has 2 saturated heterocycles. The lowest BCUT2D eigenvalue weighted by molar-refractivity contribution is -0.135. The highest BCUT2D eigenvalue weighted by molar-refractivity contribution is 5.98. The number of likely N-dealkylation sites (tertiary alicyclic amines) is 1. The van der Waals surface area contributed by atoms with Crippen molar-refractivity contribution >= 4 is 29.1 Å². The summed E-state index contributed by atoms with van der Waals surface area (Å²) in [7, 11) is 1.59. The maximum Gasteiger partial charge on any atom is 0.227 e. The molecular formula is C22H29N3O4. The van der Waals surface area contributed by atoms with Crippen LogP contribution in [0.1, 0.15) is 44.9 Å². The third-order valence-electron chi connectivity index (χ3n) is 6.16. The smallest absolute Gasteiger partial charge is 0.227 e. The van der Waals surface area contributed by atoms with Crippen molar-refractivity contribution < 1.29 is 19.1 Å². The van der Waals surface area contributed by atoms with Crippen LogP contribution in [0.3, 0.4) is 0 Å². The monoisotopic (exact) mass is 399 g/mol. The topological polar surface area (TPSA) is 79.0 Å². The Hall–Kier alpha value is -2.57. The van der Waals surface area contributed by atoms with Crippen LogP contribution in [0.25, 0.3) is 0 Å². The summed E-state index contributed by atoms with van der Waals surface area (Å²) >= 11 is 0. The molecule has 0 spiro atoms. The summed E-state index contributed by atoms with van der Waals surface area (Å²) < 4.78 is 5.44. The summed E-state index contributed by atoms with van der Waals surface area (Å²) in [5.41, 5.74) is 1.38. The second-order valence-corrected chi connectivity index (χ2v) is 8.25. The number of hydrogen-bond acceptors (Lipinski definition) is 4. The summed E-state index contributed by atoms with van der Waals surface area (Å²) in [6.07, 6.45) is 5.82. The molecule has 2 heterocycles. The zero-order valence-electron chi connectivity index (χ0n) is 17.0. The van der Waals surface area contributed by atoms with Crippen LogP contribution in [-0.4, -0.2) is 49.4 Å². The van der Waals surface area contributed by atoms with Gasteiger partial charge in [-0.05, 0) is 56.7 Å². The van der Waals surface area contributed by atoms with Crippen molar-refractivity contribution in [1.29, 1.82) is 0 Å². The Morgan fingerprint density at radius 2 is 1.79 bits per heavy atom. The van der Waals surface area contributed by atoms with Gasteiger partial charge in [0.15, 0.2) is 0 Å². The Kier molecular flexibility index (Phi) is 5.74. The third kappa shape index (κ3) is 4.38. The van der Waals surface area contributed by atoms with E-state index >= 15 is 0 Å². The molecule has 7 heteroatoms. The molecule has 2 aliphatic heterocycles. The Labute approximate surface area is 171 Å². The first-order valence-electron chi connectivity index (χ1n) is 10.6. The molecule has 3 amide bonds. The van der Waals surface area contributed by atoms with Crippen molar-refractivity contribution in [1.82, 2.24) is 4.90 Å². The fraction of sp³-hybridized carbons (Fsp3) is 0.591. The second kappa shape index (κ2) is 8.43. The molecule has 29 heavy (non-hydrogen) atoms. The number of carbonyl (C=O) groups excluding carboxylic acids is 3. The summed E-state index contributed by atoms with van der Waals surface area (Å²) in [6, 6.07) is 5.43. The molecule has 0 radical (unpaired) electrons. The molecule has 0 bridgehead atoms. The Bertz CT molecular complexity index is 797. The van der Waals surface area contributed by atoms with Crippen molar-refractivity contribution in [2.24, 2.45) is 11.8 Å². The Morgan fingerprint density at radius 1 is 1.03 bits per heavy atom. The van der Waals surface area contributed by atoms with Gasteiger partial charge >= 0.3 is 0 Å². The predicted octanol–water partition coefficient (Wildman–Crippen LogP) is 2.80. The fourth-order valence-electron chi connectivity index (χ4n) is 4.23. The highest BCUT2D eigenvalue weighted by atomic mass is 16.5. The number of methoxy groups -OCH3 is 1. The van der Waals surface area contributed by atoms with Gasteiger partial charge < -0.3 is 19.9 Å². The van der Waals surface area contributed by atoms with Gasteiger partial charge in [0.25, 0.3) is 0 Å². The molecule has 0 unspecified atom stereocenters. The van der Waals surface area contributed by atoms with E-state index in [2.05, 4.69) is 5.32 Å². The van der Waals surface area contributed by atoms with Crippen LogP contribution in [0.15, 0.2) is 18.2 Å². The van der Waals surface area contributed by atoms with Gasteiger partial charge in [0.1, 0.15) is 5.75 Å². The third-order valence-corrected chi connectivity index (χ3v) is 6.16. The first-order chi connectivity index (χ1) is 14.1. The number of nitrogens with zero attached hydrogens (tertiary/aromatic N) is 2. The van der Waals surface area contributed by atoms with Gasteiger partial charge in [0.2, 0.25) is 17.7 Å². The molecule has 7 nitrogen and oxygen atoms in total. The molecule has 1 N–H and O–H groups in total. The van der Waals surface area contributed by atoms with Crippen molar-refractivity contribution in [2.45, 2.75) is 44.9 Å². The average molecular weight is 399 g/mol. The number of amides is 3. The lowest BCUT2D eigenvalue weighted by Gasteiger charge is -2.31. The minimum absolute atomic E-state index is 0.0235. The van der Waals surface area contributed by atoms with Crippen molar-refractivity contribution in [3.05, 3.63) is 18.2 Å². The van der Waals surface area contributed by atoms with Gasteiger partial charge in [-0.1, -0.05) is 0 Å². The van der Waals surface area contributed by atoms with Gasteiger partial charge in [-0.25, -0.2) is 0 Å². The van der Waals surface area contributed by atoms with Crippen LogP contribution in [0, 0.1) is 11.8 Å². The number of rotatable bonds is 5. The lowest BCUT2D eigenvalue weighted by atomic mass is 9.95. The van der Waals surface area contributed by atoms with E-state index in [0.717, 1.165) is 25.7 Å². The number of ether oxygens (including phenoxy) is 1. The van der Waals surface area contributed by atoms with E-state index in [4.69, 9.17) is 4.74 Å². The summed E-state index contributed by atoms with van der Waals surface area (Å²) in [4.78, 5) is 40.9. The molecule has 4 rings (SSSR count). The van der Waals surface area contributed by atoms with Crippen LogP contribution in [0.5, 0.6) is 5.75 Å². The average Bonchev–Trinajstić information content (AvgIpc) is 3.59. The van der Waals surface area contributed by atoms with Crippen LogP contribution >= 0.6 is 0 Å². The molecule has 1 aliphatic carbocycles. The van der Waals surface area contributed by atoms with E-state index < -0.39 is 0 Å². The number of hydrogen-bond donors (Lipinski definition) is 1. The number of nitrogens with one attached hydrogen (secondary N) is 1. The Balaban J connectivity index is 1.40. The second-order valence-electron chi connectivity index (χ2n) is 8.25. The molecule has 3 aliphatic rings. The van der Waals surface area contributed by atoms with Crippen LogP contribution in [-0.2, 0) is 14.4 Å². The van der Waals surface area contributed by atoms with Gasteiger partial charge in [0, 0.05) is 43.6 Å². The van der Waals surface area contributed by atoms with Gasteiger partial charge in [-0.3, -0.25) is 14.4 Å². The molecule has 1 saturated carbocycles.